The van der Waals surface area contributed by atoms with Gasteiger partial charge in [-0.25, -0.2) is 0 Å². The van der Waals surface area contributed by atoms with Gasteiger partial charge in [-0.1, -0.05) is 25.2 Å². The molecule has 0 atom stereocenters. The van der Waals surface area contributed by atoms with Gasteiger partial charge in [0.15, 0.2) is 0 Å². The molecular weight excluding hydrogens is 218 g/mol. The van der Waals surface area contributed by atoms with Crippen LogP contribution in [0.4, 0.5) is 0 Å². The molecule has 17 heavy (non-hydrogen) atoms. The zero-order chi connectivity index (χ0) is 12.7. The van der Waals surface area contributed by atoms with Crippen LogP contribution in [0.1, 0.15) is 45.4 Å². The van der Waals surface area contributed by atoms with Crippen molar-refractivity contribution in [3.8, 4) is 11.8 Å². The lowest BCUT2D eigenvalue weighted by Gasteiger charge is -2.32. The standard InChI is InChI=1S/C13H19NO3/c1-2-3-9-14-11(15)10-13(12(16)17)7-5-4-6-8-13/h4-10H2,1H3,(H,14,15)(H,16,17). The van der Waals surface area contributed by atoms with Gasteiger partial charge in [-0.2, -0.15) is 0 Å². The summed E-state index contributed by atoms with van der Waals surface area (Å²) in [6, 6.07) is 0. The molecule has 1 aliphatic carbocycles. The van der Waals surface area contributed by atoms with E-state index >= 15 is 0 Å². The molecule has 0 saturated heterocycles. The van der Waals surface area contributed by atoms with E-state index in [-0.39, 0.29) is 12.3 Å². The minimum Gasteiger partial charge on any atom is -0.481 e. The van der Waals surface area contributed by atoms with E-state index in [4.69, 9.17) is 0 Å². The number of carbonyl (C=O) groups excluding carboxylic acids is 1. The molecule has 0 aromatic carbocycles. The van der Waals surface area contributed by atoms with Crippen LogP contribution in [0.3, 0.4) is 0 Å². The van der Waals surface area contributed by atoms with Crippen molar-refractivity contribution in [2.24, 2.45) is 5.41 Å². The maximum absolute atomic E-state index is 11.7. The fourth-order valence-corrected chi connectivity index (χ4v) is 2.30. The van der Waals surface area contributed by atoms with Gasteiger partial charge in [0.25, 0.3) is 0 Å². The minimum absolute atomic E-state index is 0.0771. The highest BCUT2D eigenvalue weighted by Gasteiger charge is 2.41. The van der Waals surface area contributed by atoms with E-state index in [1.54, 1.807) is 6.92 Å². The third-order valence-corrected chi connectivity index (χ3v) is 3.31. The SMILES string of the molecule is CC#CCNC(=O)CC1(C(=O)O)CCCCC1. The molecule has 1 rings (SSSR count). The van der Waals surface area contributed by atoms with Gasteiger partial charge in [0, 0.05) is 6.42 Å². The van der Waals surface area contributed by atoms with Crippen LogP contribution >= 0.6 is 0 Å². The minimum atomic E-state index is -0.845. The summed E-state index contributed by atoms with van der Waals surface area (Å²) in [5.41, 5.74) is -0.845. The first-order valence-corrected chi connectivity index (χ1v) is 6.00. The zero-order valence-corrected chi connectivity index (χ0v) is 10.2. The third kappa shape index (κ3) is 3.77. The van der Waals surface area contributed by atoms with Crippen molar-refractivity contribution in [3.05, 3.63) is 0 Å². The van der Waals surface area contributed by atoms with Gasteiger partial charge in [0.2, 0.25) is 5.91 Å². The highest BCUT2D eigenvalue weighted by atomic mass is 16.4. The summed E-state index contributed by atoms with van der Waals surface area (Å²) >= 11 is 0. The molecule has 0 aliphatic heterocycles. The molecular formula is C13H19NO3. The molecule has 0 aromatic rings. The average molecular weight is 237 g/mol. The van der Waals surface area contributed by atoms with Crippen molar-refractivity contribution in [1.29, 1.82) is 0 Å². The number of amides is 1. The molecule has 94 valence electrons. The van der Waals surface area contributed by atoms with Gasteiger partial charge in [-0.3, -0.25) is 9.59 Å². The van der Waals surface area contributed by atoms with Gasteiger partial charge >= 0.3 is 5.97 Å². The maximum atomic E-state index is 11.7. The molecule has 0 heterocycles. The van der Waals surface area contributed by atoms with Gasteiger partial charge in [-0.05, 0) is 19.8 Å². The molecule has 1 aliphatic rings. The second kappa shape index (κ2) is 6.29. The van der Waals surface area contributed by atoms with Crippen LogP contribution in [0.25, 0.3) is 0 Å². The summed E-state index contributed by atoms with van der Waals surface area (Å²) < 4.78 is 0. The average Bonchev–Trinajstić information content (AvgIpc) is 2.30. The van der Waals surface area contributed by atoms with E-state index in [0.717, 1.165) is 19.3 Å². The van der Waals surface area contributed by atoms with Crippen molar-refractivity contribution >= 4 is 11.9 Å². The largest absolute Gasteiger partial charge is 0.481 e. The fourth-order valence-electron chi connectivity index (χ4n) is 2.30. The van der Waals surface area contributed by atoms with Crippen molar-refractivity contribution in [1.82, 2.24) is 5.32 Å². The molecule has 2 N–H and O–H groups in total. The van der Waals surface area contributed by atoms with Gasteiger partial charge in [0.1, 0.15) is 0 Å². The molecule has 0 unspecified atom stereocenters. The number of carboxylic acid groups (broad SMARTS) is 1. The molecule has 0 radical (unpaired) electrons. The lowest BCUT2D eigenvalue weighted by Crippen LogP contribution is -2.39. The Morgan fingerprint density at radius 3 is 2.47 bits per heavy atom. The summed E-state index contributed by atoms with van der Waals surface area (Å²) in [4.78, 5) is 23.0. The highest BCUT2D eigenvalue weighted by Crippen LogP contribution is 2.39. The summed E-state index contributed by atoms with van der Waals surface area (Å²) in [6.45, 7) is 2.00. The van der Waals surface area contributed by atoms with Crippen LogP contribution < -0.4 is 5.32 Å². The van der Waals surface area contributed by atoms with Gasteiger partial charge in [-0.15, -0.1) is 5.92 Å². The number of carbonyl (C=O) groups is 2. The van der Waals surface area contributed by atoms with E-state index in [0.29, 0.717) is 19.4 Å². The van der Waals surface area contributed by atoms with Gasteiger partial charge < -0.3 is 10.4 Å². The molecule has 4 nitrogen and oxygen atoms in total. The van der Waals surface area contributed by atoms with Crippen molar-refractivity contribution < 1.29 is 14.7 Å². The number of hydrogen-bond acceptors (Lipinski definition) is 2. The smallest absolute Gasteiger partial charge is 0.310 e. The number of hydrogen-bond donors (Lipinski definition) is 2. The first-order valence-electron chi connectivity index (χ1n) is 6.00. The highest BCUT2D eigenvalue weighted by molar-refractivity contribution is 5.85. The topological polar surface area (TPSA) is 66.4 Å². The van der Waals surface area contributed by atoms with Crippen molar-refractivity contribution in [3.63, 3.8) is 0 Å². The summed E-state index contributed by atoms with van der Waals surface area (Å²) in [5.74, 6) is 4.36. The zero-order valence-electron chi connectivity index (χ0n) is 10.2. The Morgan fingerprint density at radius 2 is 1.94 bits per heavy atom. The lowest BCUT2D eigenvalue weighted by atomic mass is 9.71. The number of carboxylic acids is 1. The van der Waals surface area contributed by atoms with E-state index in [1.807, 2.05) is 0 Å². The van der Waals surface area contributed by atoms with Crippen LogP contribution in [-0.4, -0.2) is 23.5 Å². The van der Waals surface area contributed by atoms with Crippen molar-refractivity contribution in [2.45, 2.75) is 45.4 Å². The normalized spacial score (nSPS) is 17.7. The Morgan fingerprint density at radius 1 is 1.29 bits per heavy atom. The fraction of sp³-hybridized carbons (Fsp3) is 0.692. The predicted octanol–water partition coefficient (Wildman–Crippen LogP) is 1.55. The number of rotatable bonds is 4. The summed E-state index contributed by atoms with van der Waals surface area (Å²) in [5, 5.41) is 11.9. The van der Waals surface area contributed by atoms with Crippen LogP contribution in [0, 0.1) is 17.3 Å². The third-order valence-electron chi connectivity index (χ3n) is 3.31. The first-order chi connectivity index (χ1) is 8.10. The Labute approximate surface area is 102 Å². The molecule has 0 spiro atoms. The Bertz CT molecular complexity index is 345. The van der Waals surface area contributed by atoms with E-state index in [1.165, 1.54) is 0 Å². The molecule has 1 fully saturated rings. The molecule has 0 aromatic heterocycles. The Hall–Kier alpha value is -1.50. The second-order valence-corrected chi connectivity index (χ2v) is 4.53. The second-order valence-electron chi connectivity index (χ2n) is 4.53. The first kappa shape index (κ1) is 13.6. The number of aliphatic carboxylic acids is 1. The predicted molar refractivity (Wildman–Crippen MR) is 64.2 cm³/mol. The van der Waals surface area contributed by atoms with Crippen LogP contribution in [0.5, 0.6) is 0 Å². The van der Waals surface area contributed by atoms with E-state index in [2.05, 4.69) is 17.2 Å². The quantitative estimate of drug-likeness (QED) is 0.729. The maximum Gasteiger partial charge on any atom is 0.310 e. The number of nitrogens with one attached hydrogen (secondary N) is 1. The molecule has 0 bridgehead atoms. The summed E-state index contributed by atoms with van der Waals surface area (Å²) in [6.07, 6.45) is 4.15. The monoisotopic (exact) mass is 237 g/mol. The molecule has 1 saturated carbocycles. The van der Waals surface area contributed by atoms with Gasteiger partial charge in [0.05, 0.1) is 12.0 Å². The van der Waals surface area contributed by atoms with Crippen LogP contribution in [0.15, 0.2) is 0 Å². The van der Waals surface area contributed by atoms with Crippen molar-refractivity contribution in [2.75, 3.05) is 6.54 Å². The Kier molecular flexibility index (Phi) is 5.02. The lowest BCUT2D eigenvalue weighted by molar-refractivity contribution is -0.154. The van der Waals surface area contributed by atoms with Crippen LogP contribution in [-0.2, 0) is 9.59 Å². The van der Waals surface area contributed by atoms with E-state index in [9.17, 15) is 14.7 Å². The molecule has 1 amide bonds. The Balaban J connectivity index is 2.56. The van der Waals surface area contributed by atoms with Crippen LogP contribution in [0.2, 0.25) is 0 Å². The van der Waals surface area contributed by atoms with E-state index < -0.39 is 11.4 Å². The summed E-state index contributed by atoms with van der Waals surface area (Å²) in [7, 11) is 0. The molecule has 4 heteroatoms.